The van der Waals surface area contributed by atoms with Crippen molar-refractivity contribution in [3.63, 3.8) is 0 Å². The number of benzene rings is 1. The minimum atomic E-state index is -0.128. The molecule has 1 aromatic carbocycles. The molecule has 6 nitrogen and oxygen atoms in total. The number of carbonyl (C=O) groups excluding carboxylic acids is 3. The zero-order valence-electron chi connectivity index (χ0n) is 16.2. The first kappa shape index (κ1) is 19.9. The van der Waals surface area contributed by atoms with Crippen LogP contribution in [-0.4, -0.2) is 60.2 Å². The molecular formula is C20H29N3O3. The van der Waals surface area contributed by atoms with Gasteiger partial charge in [-0.2, -0.15) is 0 Å². The number of para-hydroxylation sites is 1. The van der Waals surface area contributed by atoms with Crippen molar-refractivity contribution >= 4 is 23.4 Å². The molecule has 142 valence electrons. The van der Waals surface area contributed by atoms with Gasteiger partial charge in [0.05, 0.1) is 5.69 Å². The van der Waals surface area contributed by atoms with Crippen LogP contribution in [0.2, 0.25) is 0 Å². The van der Waals surface area contributed by atoms with E-state index >= 15 is 0 Å². The average molecular weight is 359 g/mol. The lowest BCUT2D eigenvalue weighted by atomic mass is 10.0. The van der Waals surface area contributed by atoms with Gasteiger partial charge in [-0.05, 0) is 24.0 Å². The summed E-state index contributed by atoms with van der Waals surface area (Å²) in [6.07, 6.45) is 1.61. The third kappa shape index (κ3) is 4.42. The Morgan fingerprint density at radius 1 is 0.923 bits per heavy atom. The summed E-state index contributed by atoms with van der Waals surface area (Å²) in [6, 6.07) is 6.03. The van der Waals surface area contributed by atoms with Crippen LogP contribution in [0.1, 0.15) is 38.8 Å². The van der Waals surface area contributed by atoms with Gasteiger partial charge in [-0.1, -0.05) is 32.0 Å². The Morgan fingerprint density at radius 3 is 1.85 bits per heavy atom. The van der Waals surface area contributed by atoms with Gasteiger partial charge < -0.3 is 14.7 Å². The number of rotatable bonds is 5. The summed E-state index contributed by atoms with van der Waals surface area (Å²) in [6.45, 7) is 9.33. The number of nitrogens with zero attached hydrogens (tertiary/aromatic N) is 3. The molecule has 0 saturated carbocycles. The number of aryl methyl sites for hydroxylation is 2. The van der Waals surface area contributed by atoms with Gasteiger partial charge in [0, 0.05) is 40.0 Å². The molecule has 1 aliphatic heterocycles. The summed E-state index contributed by atoms with van der Waals surface area (Å²) in [5, 5.41) is 0. The van der Waals surface area contributed by atoms with Crippen molar-refractivity contribution in [2.24, 2.45) is 0 Å². The van der Waals surface area contributed by atoms with Gasteiger partial charge in [-0.25, -0.2) is 0 Å². The molecule has 0 bridgehead atoms. The molecule has 0 aromatic heterocycles. The van der Waals surface area contributed by atoms with Crippen LogP contribution in [0.15, 0.2) is 18.2 Å². The maximum atomic E-state index is 12.8. The van der Waals surface area contributed by atoms with Crippen LogP contribution in [0.5, 0.6) is 0 Å². The van der Waals surface area contributed by atoms with Crippen molar-refractivity contribution in [2.75, 3.05) is 37.6 Å². The molecule has 0 spiro atoms. The Balaban J connectivity index is 2.18. The van der Waals surface area contributed by atoms with Crippen LogP contribution in [-0.2, 0) is 27.2 Å². The lowest BCUT2D eigenvalue weighted by Gasteiger charge is -2.35. The first-order valence-corrected chi connectivity index (χ1v) is 9.31. The first-order chi connectivity index (χ1) is 12.4. The second kappa shape index (κ2) is 8.83. The van der Waals surface area contributed by atoms with Gasteiger partial charge in [-0.15, -0.1) is 0 Å². The first-order valence-electron chi connectivity index (χ1n) is 9.31. The predicted octanol–water partition coefficient (Wildman–Crippen LogP) is 1.85. The van der Waals surface area contributed by atoms with Crippen LogP contribution in [0, 0.1) is 0 Å². The number of piperazine rings is 1. The van der Waals surface area contributed by atoms with E-state index < -0.39 is 0 Å². The van der Waals surface area contributed by atoms with Gasteiger partial charge in [0.15, 0.2) is 0 Å². The molecule has 2 rings (SSSR count). The Bertz CT molecular complexity index is 657. The van der Waals surface area contributed by atoms with Crippen molar-refractivity contribution in [3.05, 3.63) is 29.3 Å². The molecule has 1 aromatic rings. The van der Waals surface area contributed by atoms with Gasteiger partial charge in [0.2, 0.25) is 17.7 Å². The fraction of sp³-hybridized carbons (Fsp3) is 0.550. The Labute approximate surface area is 155 Å². The van der Waals surface area contributed by atoms with Crippen LogP contribution in [0.4, 0.5) is 5.69 Å². The number of hydrogen-bond donors (Lipinski definition) is 0. The summed E-state index contributed by atoms with van der Waals surface area (Å²) in [4.78, 5) is 41.7. The average Bonchev–Trinajstić information content (AvgIpc) is 2.65. The molecule has 0 atom stereocenters. The zero-order chi connectivity index (χ0) is 19.3. The third-order valence-electron chi connectivity index (χ3n) is 4.99. The summed E-state index contributed by atoms with van der Waals surface area (Å²) >= 11 is 0. The molecule has 0 radical (unpaired) electrons. The molecule has 0 N–H and O–H groups in total. The van der Waals surface area contributed by atoms with Gasteiger partial charge in [0.25, 0.3) is 0 Å². The van der Waals surface area contributed by atoms with E-state index in [1.165, 1.54) is 6.92 Å². The van der Waals surface area contributed by atoms with Crippen LogP contribution in [0.25, 0.3) is 0 Å². The van der Waals surface area contributed by atoms with E-state index in [4.69, 9.17) is 0 Å². The van der Waals surface area contributed by atoms with Crippen molar-refractivity contribution in [1.29, 1.82) is 0 Å². The summed E-state index contributed by atoms with van der Waals surface area (Å²) in [5.41, 5.74) is 3.03. The van der Waals surface area contributed by atoms with Crippen molar-refractivity contribution in [1.82, 2.24) is 9.80 Å². The van der Waals surface area contributed by atoms with Crippen LogP contribution >= 0.6 is 0 Å². The SMILES string of the molecule is CCc1cccc(CC)c1N(CC(=O)N1CCN(C(C)=O)CC1)C(C)=O. The highest BCUT2D eigenvalue weighted by Crippen LogP contribution is 2.27. The van der Waals surface area contributed by atoms with Crippen LogP contribution < -0.4 is 4.90 Å². The Morgan fingerprint density at radius 2 is 1.42 bits per heavy atom. The summed E-state index contributed by atoms with van der Waals surface area (Å²) in [5.74, 6) is -0.167. The molecule has 6 heteroatoms. The van der Waals surface area contributed by atoms with E-state index in [1.807, 2.05) is 18.2 Å². The molecule has 3 amide bonds. The summed E-state index contributed by atoms with van der Waals surface area (Å²) < 4.78 is 0. The van der Waals surface area contributed by atoms with E-state index in [0.717, 1.165) is 29.7 Å². The zero-order valence-corrected chi connectivity index (χ0v) is 16.2. The third-order valence-corrected chi connectivity index (χ3v) is 4.99. The molecular weight excluding hydrogens is 330 g/mol. The van der Waals surface area contributed by atoms with Gasteiger partial charge in [-0.3, -0.25) is 14.4 Å². The number of amides is 3. The highest BCUT2D eigenvalue weighted by atomic mass is 16.2. The number of carbonyl (C=O) groups is 3. The normalized spacial score (nSPS) is 14.3. The van der Waals surface area contributed by atoms with E-state index in [1.54, 1.807) is 21.6 Å². The molecule has 1 fully saturated rings. The maximum absolute atomic E-state index is 12.8. The Kier molecular flexibility index (Phi) is 6.77. The Hall–Kier alpha value is -2.37. The summed E-state index contributed by atoms with van der Waals surface area (Å²) in [7, 11) is 0. The quantitative estimate of drug-likeness (QED) is 0.806. The molecule has 26 heavy (non-hydrogen) atoms. The monoisotopic (exact) mass is 359 g/mol. The minimum absolute atomic E-state index is 0.0342. The fourth-order valence-electron chi connectivity index (χ4n) is 3.42. The molecule has 0 unspecified atom stereocenters. The van der Waals surface area contributed by atoms with Gasteiger partial charge >= 0.3 is 0 Å². The number of anilines is 1. The predicted molar refractivity (Wildman–Crippen MR) is 102 cm³/mol. The smallest absolute Gasteiger partial charge is 0.242 e. The lowest BCUT2D eigenvalue weighted by Crippen LogP contribution is -2.52. The second-order valence-electron chi connectivity index (χ2n) is 6.62. The van der Waals surface area contributed by atoms with Gasteiger partial charge in [0.1, 0.15) is 6.54 Å². The second-order valence-corrected chi connectivity index (χ2v) is 6.62. The standard InChI is InChI=1S/C20H29N3O3/c1-5-17-8-7-9-18(6-2)20(17)23(16(4)25)14-19(26)22-12-10-21(11-13-22)15(3)24/h7-9H,5-6,10-14H2,1-4H3. The van der Waals surface area contributed by atoms with E-state index in [0.29, 0.717) is 26.2 Å². The fourth-order valence-corrected chi connectivity index (χ4v) is 3.42. The topological polar surface area (TPSA) is 60.9 Å². The molecule has 1 saturated heterocycles. The van der Waals surface area contributed by atoms with E-state index in [9.17, 15) is 14.4 Å². The molecule has 0 aliphatic carbocycles. The highest BCUT2D eigenvalue weighted by Gasteiger charge is 2.26. The van der Waals surface area contributed by atoms with Crippen molar-refractivity contribution in [3.8, 4) is 0 Å². The van der Waals surface area contributed by atoms with E-state index in [2.05, 4.69) is 13.8 Å². The number of hydrogen-bond acceptors (Lipinski definition) is 3. The molecule has 1 heterocycles. The van der Waals surface area contributed by atoms with Crippen LogP contribution in [0.3, 0.4) is 0 Å². The maximum Gasteiger partial charge on any atom is 0.242 e. The molecule has 1 aliphatic rings. The largest absolute Gasteiger partial charge is 0.339 e. The minimum Gasteiger partial charge on any atom is -0.339 e. The van der Waals surface area contributed by atoms with Crippen molar-refractivity contribution < 1.29 is 14.4 Å². The van der Waals surface area contributed by atoms with E-state index in [-0.39, 0.29) is 24.3 Å². The van der Waals surface area contributed by atoms with Crippen molar-refractivity contribution in [2.45, 2.75) is 40.5 Å². The lowest BCUT2D eigenvalue weighted by molar-refractivity contribution is -0.137. The highest BCUT2D eigenvalue weighted by molar-refractivity contribution is 5.98.